The van der Waals surface area contributed by atoms with Crippen LogP contribution in [-0.4, -0.2) is 67.9 Å². The van der Waals surface area contributed by atoms with Crippen molar-refractivity contribution in [2.45, 2.75) is 20.3 Å². The lowest BCUT2D eigenvalue weighted by Gasteiger charge is -2.26. The molecule has 1 aromatic carbocycles. The van der Waals surface area contributed by atoms with E-state index in [2.05, 4.69) is 10.1 Å². The number of carbonyl (C=O) groups excluding carboxylic acids is 3. The van der Waals surface area contributed by atoms with Gasteiger partial charge in [0.15, 0.2) is 0 Å². The monoisotopic (exact) mass is 397 g/mol. The molecule has 0 aliphatic carbocycles. The summed E-state index contributed by atoms with van der Waals surface area (Å²) in [4.78, 5) is 39.2. The average Bonchev–Trinajstić information content (AvgIpc) is 2.60. The zero-order chi connectivity index (χ0) is 20.4. The molecule has 0 bridgehead atoms. The van der Waals surface area contributed by atoms with Gasteiger partial charge in [0.1, 0.15) is 0 Å². The number of anilines is 1. The van der Waals surface area contributed by atoms with Crippen molar-refractivity contribution in [1.29, 1.82) is 0 Å². The summed E-state index contributed by atoms with van der Waals surface area (Å²) in [5.41, 5.74) is 0.504. The first-order chi connectivity index (χ1) is 12.7. The van der Waals surface area contributed by atoms with Gasteiger partial charge in [-0.2, -0.15) is 0 Å². The number of ether oxygens (including phenoxy) is 1. The first-order valence-corrected chi connectivity index (χ1v) is 9.18. The van der Waals surface area contributed by atoms with Gasteiger partial charge >= 0.3 is 5.97 Å². The van der Waals surface area contributed by atoms with E-state index in [1.165, 1.54) is 12.0 Å². The quantitative estimate of drug-likeness (QED) is 0.612. The number of carbonyl (C=O) groups is 3. The lowest BCUT2D eigenvalue weighted by Crippen LogP contribution is -2.43. The Morgan fingerprint density at radius 1 is 1.19 bits per heavy atom. The van der Waals surface area contributed by atoms with Crippen LogP contribution in [0.4, 0.5) is 5.69 Å². The zero-order valence-electron chi connectivity index (χ0n) is 16.3. The van der Waals surface area contributed by atoms with Gasteiger partial charge in [-0.25, -0.2) is 0 Å². The molecule has 150 valence electrons. The number of methoxy groups -OCH3 is 1. The highest BCUT2D eigenvalue weighted by Gasteiger charge is 2.19. The Morgan fingerprint density at radius 2 is 1.85 bits per heavy atom. The van der Waals surface area contributed by atoms with Crippen LogP contribution in [0, 0.1) is 5.92 Å². The molecule has 1 rings (SSSR count). The van der Waals surface area contributed by atoms with E-state index in [0.717, 1.165) is 0 Å². The molecular formula is C19H28ClN3O4. The molecule has 0 spiro atoms. The van der Waals surface area contributed by atoms with Crippen molar-refractivity contribution >= 4 is 35.1 Å². The predicted molar refractivity (Wildman–Crippen MR) is 106 cm³/mol. The Kier molecular flexibility index (Phi) is 9.82. The highest BCUT2D eigenvalue weighted by atomic mass is 35.5. The van der Waals surface area contributed by atoms with Crippen molar-refractivity contribution in [3.05, 3.63) is 29.3 Å². The molecule has 0 fully saturated rings. The van der Waals surface area contributed by atoms with Gasteiger partial charge in [-0.05, 0) is 18.1 Å². The number of nitrogens with zero attached hydrogens (tertiary/aromatic N) is 2. The molecule has 0 saturated heterocycles. The summed E-state index contributed by atoms with van der Waals surface area (Å²) in [5.74, 6) is -0.508. The van der Waals surface area contributed by atoms with Crippen LogP contribution in [0.5, 0.6) is 0 Å². The second kappa shape index (κ2) is 11.6. The van der Waals surface area contributed by atoms with E-state index in [4.69, 9.17) is 11.6 Å². The Morgan fingerprint density at radius 3 is 2.44 bits per heavy atom. The van der Waals surface area contributed by atoms with Gasteiger partial charge < -0.3 is 15.0 Å². The van der Waals surface area contributed by atoms with Crippen molar-refractivity contribution in [3.8, 4) is 0 Å². The molecule has 1 N–H and O–H groups in total. The summed E-state index contributed by atoms with van der Waals surface area (Å²) >= 11 is 6.02. The minimum absolute atomic E-state index is 0.0867. The van der Waals surface area contributed by atoms with E-state index in [9.17, 15) is 14.4 Å². The zero-order valence-corrected chi connectivity index (χ0v) is 17.1. The molecule has 0 unspecified atom stereocenters. The fourth-order valence-corrected chi connectivity index (χ4v) is 2.65. The largest absolute Gasteiger partial charge is 0.469 e. The number of halogens is 1. The number of hydrogen-bond donors (Lipinski definition) is 1. The van der Waals surface area contributed by atoms with Crippen molar-refractivity contribution in [2.24, 2.45) is 5.92 Å². The van der Waals surface area contributed by atoms with Crippen LogP contribution >= 0.6 is 11.6 Å². The number of benzene rings is 1. The summed E-state index contributed by atoms with van der Waals surface area (Å²) < 4.78 is 4.65. The lowest BCUT2D eigenvalue weighted by atomic mass is 10.2. The van der Waals surface area contributed by atoms with Gasteiger partial charge in [-0.15, -0.1) is 0 Å². The highest BCUT2D eigenvalue weighted by Crippen LogP contribution is 2.20. The molecule has 0 aromatic heterocycles. The molecule has 0 aliphatic heterocycles. The van der Waals surface area contributed by atoms with E-state index >= 15 is 0 Å². The summed E-state index contributed by atoms with van der Waals surface area (Å²) in [5, 5.41) is 3.13. The van der Waals surface area contributed by atoms with Crippen LogP contribution in [0.15, 0.2) is 24.3 Å². The SMILES string of the molecule is COC(=O)CCN(CC(=O)N(C)CC(=O)Nc1ccccc1Cl)CC(C)C. The Labute approximate surface area is 165 Å². The maximum Gasteiger partial charge on any atom is 0.306 e. The van der Waals surface area contributed by atoms with Gasteiger partial charge in [-0.3, -0.25) is 19.3 Å². The normalized spacial score (nSPS) is 10.8. The standard InChI is InChI=1S/C19H28ClN3O4/c1-14(2)11-23(10-9-19(26)27-4)13-18(25)22(3)12-17(24)21-16-8-6-5-7-15(16)20/h5-8,14H,9-13H2,1-4H3,(H,21,24). The van der Waals surface area contributed by atoms with Crippen molar-refractivity contribution in [2.75, 3.05) is 45.7 Å². The van der Waals surface area contributed by atoms with E-state index < -0.39 is 0 Å². The molecule has 7 nitrogen and oxygen atoms in total. The van der Waals surface area contributed by atoms with Crippen LogP contribution in [-0.2, 0) is 19.1 Å². The van der Waals surface area contributed by atoms with Crippen LogP contribution in [0.25, 0.3) is 0 Å². The van der Waals surface area contributed by atoms with Crippen LogP contribution in [0.1, 0.15) is 20.3 Å². The van der Waals surface area contributed by atoms with Crippen molar-refractivity contribution < 1.29 is 19.1 Å². The van der Waals surface area contributed by atoms with Crippen molar-refractivity contribution in [3.63, 3.8) is 0 Å². The summed E-state index contributed by atoms with van der Waals surface area (Å²) in [7, 11) is 2.91. The molecular weight excluding hydrogens is 370 g/mol. The smallest absolute Gasteiger partial charge is 0.306 e. The van der Waals surface area contributed by atoms with E-state index in [-0.39, 0.29) is 37.3 Å². The maximum absolute atomic E-state index is 12.5. The molecule has 1 aromatic rings. The topological polar surface area (TPSA) is 79.0 Å². The lowest BCUT2D eigenvalue weighted by molar-refractivity contribution is -0.141. The van der Waals surface area contributed by atoms with E-state index in [1.807, 2.05) is 18.7 Å². The van der Waals surface area contributed by atoms with E-state index in [0.29, 0.717) is 29.7 Å². The second-order valence-corrected chi connectivity index (χ2v) is 7.14. The third kappa shape index (κ3) is 8.88. The Balaban J connectivity index is 2.57. The third-order valence-corrected chi connectivity index (χ3v) is 4.13. The highest BCUT2D eigenvalue weighted by molar-refractivity contribution is 6.33. The van der Waals surface area contributed by atoms with Gasteiger partial charge in [0.05, 0.1) is 37.3 Å². The van der Waals surface area contributed by atoms with Gasteiger partial charge in [-0.1, -0.05) is 37.6 Å². The average molecular weight is 398 g/mol. The maximum atomic E-state index is 12.5. The molecule has 0 saturated carbocycles. The number of para-hydroxylation sites is 1. The Bertz CT molecular complexity index is 652. The van der Waals surface area contributed by atoms with Crippen LogP contribution in [0.3, 0.4) is 0 Å². The fourth-order valence-electron chi connectivity index (χ4n) is 2.47. The van der Waals surface area contributed by atoms with Gasteiger partial charge in [0, 0.05) is 20.1 Å². The number of nitrogens with one attached hydrogen (secondary N) is 1. The Hall–Kier alpha value is -2.12. The first kappa shape index (κ1) is 22.9. The molecule has 0 aliphatic rings. The fraction of sp³-hybridized carbons (Fsp3) is 0.526. The first-order valence-electron chi connectivity index (χ1n) is 8.80. The molecule has 2 amide bonds. The van der Waals surface area contributed by atoms with Crippen LogP contribution < -0.4 is 5.32 Å². The van der Waals surface area contributed by atoms with Crippen LogP contribution in [0.2, 0.25) is 5.02 Å². The van der Waals surface area contributed by atoms with Gasteiger partial charge in [0.25, 0.3) is 0 Å². The number of rotatable bonds is 10. The third-order valence-electron chi connectivity index (χ3n) is 3.80. The number of hydrogen-bond acceptors (Lipinski definition) is 5. The molecule has 0 atom stereocenters. The molecule has 8 heteroatoms. The summed E-state index contributed by atoms with van der Waals surface area (Å²) in [6, 6.07) is 6.91. The summed E-state index contributed by atoms with van der Waals surface area (Å²) in [6.07, 6.45) is 0.215. The number of esters is 1. The minimum Gasteiger partial charge on any atom is -0.469 e. The molecule has 27 heavy (non-hydrogen) atoms. The molecule has 0 radical (unpaired) electrons. The summed E-state index contributed by atoms with van der Waals surface area (Å²) in [6.45, 7) is 5.22. The second-order valence-electron chi connectivity index (χ2n) is 6.73. The number of amides is 2. The van der Waals surface area contributed by atoms with Gasteiger partial charge in [0.2, 0.25) is 11.8 Å². The number of likely N-dealkylation sites (N-methyl/N-ethyl adjacent to an activating group) is 1. The minimum atomic E-state index is -0.330. The van der Waals surface area contributed by atoms with E-state index in [1.54, 1.807) is 31.3 Å². The predicted octanol–water partition coefficient (Wildman–Crippen LogP) is 2.26. The molecule has 0 heterocycles. The van der Waals surface area contributed by atoms with Crippen molar-refractivity contribution in [1.82, 2.24) is 9.80 Å².